The number of hydrogen-bond acceptors (Lipinski definition) is 4. The molecule has 4 nitrogen and oxygen atoms in total. The molecule has 1 aromatic heterocycles. The number of hydrogen-bond donors (Lipinski definition) is 1. The molecule has 0 saturated heterocycles. The maximum Gasteiger partial charge on any atom is 0.148 e. The molecule has 1 rings (SSSR count). The Morgan fingerprint density at radius 2 is 1.70 bits per heavy atom. The van der Waals surface area contributed by atoms with Gasteiger partial charge in [-0.25, -0.2) is 9.97 Å². The molecule has 0 bridgehead atoms. The van der Waals surface area contributed by atoms with Gasteiger partial charge in [0.15, 0.2) is 0 Å². The minimum Gasteiger partial charge on any atom is -0.369 e. The van der Waals surface area contributed by atoms with E-state index in [1.165, 1.54) is 25.7 Å². The lowest BCUT2D eigenvalue weighted by molar-refractivity contribution is 0.669. The van der Waals surface area contributed by atoms with Crippen molar-refractivity contribution >= 4 is 27.6 Å². The molecule has 0 aromatic carbocycles. The van der Waals surface area contributed by atoms with Crippen LogP contribution in [0.2, 0.25) is 0 Å². The van der Waals surface area contributed by atoms with Crippen molar-refractivity contribution in [3.8, 4) is 0 Å². The van der Waals surface area contributed by atoms with Crippen LogP contribution in [0.25, 0.3) is 0 Å². The van der Waals surface area contributed by atoms with Gasteiger partial charge in [0.1, 0.15) is 22.4 Å². The summed E-state index contributed by atoms with van der Waals surface area (Å²) in [4.78, 5) is 11.2. The summed E-state index contributed by atoms with van der Waals surface area (Å²) in [6.07, 6.45) is 7.53. The number of nitrogens with zero attached hydrogens (tertiary/aromatic N) is 3. The highest BCUT2D eigenvalue weighted by atomic mass is 79.9. The molecule has 0 aliphatic rings. The second kappa shape index (κ2) is 9.97. The van der Waals surface area contributed by atoms with E-state index in [0.717, 1.165) is 42.2 Å². The lowest BCUT2D eigenvalue weighted by Gasteiger charge is -2.25. The van der Waals surface area contributed by atoms with Gasteiger partial charge in [0.2, 0.25) is 0 Å². The normalized spacial score (nSPS) is 10.6. The first kappa shape index (κ1) is 17.2. The topological polar surface area (TPSA) is 41.1 Å². The number of rotatable bonds is 10. The minimum atomic E-state index is 0.898. The number of aromatic nitrogens is 2. The lowest BCUT2D eigenvalue weighted by atomic mass is 10.2. The molecule has 0 amide bonds. The monoisotopic (exact) mass is 342 g/mol. The van der Waals surface area contributed by atoms with E-state index in [1.54, 1.807) is 6.33 Å². The molecule has 20 heavy (non-hydrogen) atoms. The van der Waals surface area contributed by atoms with Gasteiger partial charge in [-0.3, -0.25) is 0 Å². The van der Waals surface area contributed by atoms with E-state index in [0.29, 0.717) is 0 Å². The van der Waals surface area contributed by atoms with Crippen LogP contribution in [0.5, 0.6) is 0 Å². The third-order valence-corrected chi connectivity index (χ3v) is 3.91. The molecule has 1 N–H and O–H groups in total. The van der Waals surface area contributed by atoms with Crippen LogP contribution in [0.3, 0.4) is 0 Å². The number of halogens is 1. The highest BCUT2D eigenvalue weighted by Crippen LogP contribution is 2.29. The van der Waals surface area contributed by atoms with Crippen LogP contribution in [0.4, 0.5) is 11.6 Å². The fourth-order valence-electron chi connectivity index (χ4n) is 1.97. The van der Waals surface area contributed by atoms with E-state index in [4.69, 9.17) is 0 Å². The minimum absolute atomic E-state index is 0.898. The van der Waals surface area contributed by atoms with Crippen molar-refractivity contribution in [2.75, 3.05) is 29.9 Å². The Balaban J connectivity index is 2.87. The summed E-state index contributed by atoms with van der Waals surface area (Å²) in [6.45, 7) is 9.64. The Morgan fingerprint density at radius 3 is 2.25 bits per heavy atom. The van der Waals surface area contributed by atoms with E-state index in [9.17, 15) is 0 Å². The molecule has 0 atom stereocenters. The van der Waals surface area contributed by atoms with Crippen molar-refractivity contribution < 1.29 is 0 Å². The SMILES string of the molecule is CCCCN(CCCC)c1ncnc(NCCC)c1Br. The zero-order chi connectivity index (χ0) is 14.8. The molecular weight excluding hydrogens is 316 g/mol. The van der Waals surface area contributed by atoms with Crippen molar-refractivity contribution in [2.45, 2.75) is 52.9 Å². The number of nitrogens with one attached hydrogen (secondary N) is 1. The maximum absolute atomic E-state index is 4.48. The molecule has 0 radical (unpaired) electrons. The molecule has 5 heteroatoms. The van der Waals surface area contributed by atoms with Gasteiger partial charge in [-0.05, 0) is 35.2 Å². The van der Waals surface area contributed by atoms with Gasteiger partial charge in [-0.15, -0.1) is 0 Å². The highest BCUT2D eigenvalue weighted by molar-refractivity contribution is 9.10. The molecule has 1 aromatic rings. The predicted molar refractivity (Wildman–Crippen MR) is 90.5 cm³/mol. The lowest BCUT2D eigenvalue weighted by Crippen LogP contribution is -2.27. The van der Waals surface area contributed by atoms with Crippen LogP contribution >= 0.6 is 15.9 Å². The van der Waals surface area contributed by atoms with Crippen LogP contribution in [-0.2, 0) is 0 Å². The van der Waals surface area contributed by atoms with E-state index in [2.05, 4.69) is 56.9 Å². The van der Waals surface area contributed by atoms with Gasteiger partial charge < -0.3 is 10.2 Å². The zero-order valence-corrected chi connectivity index (χ0v) is 14.5. The van der Waals surface area contributed by atoms with Crippen molar-refractivity contribution in [3.05, 3.63) is 10.8 Å². The van der Waals surface area contributed by atoms with Gasteiger partial charge in [-0.2, -0.15) is 0 Å². The van der Waals surface area contributed by atoms with Gasteiger partial charge in [0.05, 0.1) is 0 Å². The summed E-state index contributed by atoms with van der Waals surface area (Å²) in [6, 6.07) is 0. The fourth-order valence-corrected chi connectivity index (χ4v) is 2.56. The Kier molecular flexibility index (Phi) is 8.58. The first-order valence-electron chi connectivity index (χ1n) is 7.73. The molecule has 114 valence electrons. The van der Waals surface area contributed by atoms with E-state index < -0.39 is 0 Å². The summed E-state index contributed by atoms with van der Waals surface area (Å²) in [5, 5.41) is 3.35. The molecular formula is C15H27BrN4. The molecule has 0 spiro atoms. The smallest absolute Gasteiger partial charge is 0.148 e. The average Bonchev–Trinajstić information content (AvgIpc) is 2.47. The van der Waals surface area contributed by atoms with Gasteiger partial charge in [-0.1, -0.05) is 33.6 Å². The Labute approximate surface area is 131 Å². The summed E-state index contributed by atoms with van der Waals surface area (Å²) < 4.78 is 0.987. The average molecular weight is 343 g/mol. The summed E-state index contributed by atoms with van der Waals surface area (Å²) >= 11 is 3.67. The summed E-state index contributed by atoms with van der Waals surface area (Å²) in [5.74, 6) is 1.91. The standard InChI is InChI=1S/C15H27BrN4/c1-4-7-10-20(11-8-5-2)15-13(16)14(17-9-6-3)18-12-19-15/h12H,4-11H2,1-3H3,(H,17,18,19). The molecule has 0 aliphatic carbocycles. The van der Waals surface area contributed by atoms with E-state index in [-0.39, 0.29) is 0 Å². The van der Waals surface area contributed by atoms with Gasteiger partial charge in [0, 0.05) is 19.6 Å². The second-order valence-electron chi connectivity index (χ2n) is 4.98. The van der Waals surface area contributed by atoms with Crippen LogP contribution < -0.4 is 10.2 Å². The van der Waals surface area contributed by atoms with Crippen LogP contribution in [0.15, 0.2) is 10.8 Å². The Hall–Kier alpha value is -0.840. The van der Waals surface area contributed by atoms with Gasteiger partial charge in [0.25, 0.3) is 0 Å². The zero-order valence-electron chi connectivity index (χ0n) is 13.0. The molecule has 0 fully saturated rings. The first-order chi connectivity index (χ1) is 9.74. The highest BCUT2D eigenvalue weighted by Gasteiger charge is 2.14. The van der Waals surface area contributed by atoms with E-state index >= 15 is 0 Å². The fraction of sp³-hybridized carbons (Fsp3) is 0.733. The molecule has 1 heterocycles. The largest absolute Gasteiger partial charge is 0.369 e. The van der Waals surface area contributed by atoms with Gasteiger partial charge >= 0.3 is 0 Å². The first-order valence-corrected chi connectivity index (χ1v) is 8.53. The third-order valence-electron chi connectivity index (χ3n) is 3.18. The quantitative estimate of drug-likeness (QED) is 0.681. The molecule has 0 saturated carbocycles. The van der Waals surface area contributed by atoms with E-state index in [1.807, 2.05) is 0 Å². The summed E-state index contributed by atoms with van der Waals surface area (Å²) in [7, 11) is 0. The third kappa shape index (κ3) is 5.27. The van der Waals surface area contributed by atoms with Crippen molar-refractivity contribution in [3.63, 3.8) is 0 Å². The Bertz CT molecular complexity index is 376. The van der Waals surface area contributed by atoms with Crippen LogP contribution in [0, 0.1) is 0 Å². The van der Waals surface area contributed by atoms with Crippen LogP contribution in [0.1, 0.15) is 52.9 Å². The molecule has 0 unspecified atom stereocenters. The predicted octanol–water partition coefficient (Wildman–Crippen LogP) is 4.47. The van der Waals surface area contributed by atoms with Crippen molar-refractivity contribution in [1.29, 1.82) is 0 Å². The Morgan fingerprint density at radius 1 is 1.05 bits per heavy atom. The van der Waals surface area contributed by atoms with Crippen molar-refractivity contribution in [1.82, 2.24) is 9.97 Å². The second-order valence-corrected chi connectivity index (χ2v) is 5.77. The number of unbranched alkanes of at least 4 members (excludes halogenated alkanes) is 2. The maximum atomic E-state index is 4.48. The van der Waals surface area contributed by atoms with Crippen LogP contribution in [-0.4, -0.2) is 29.6 Å². The molecule has 0 aliphatic heterocycles. The number of anilines is 2. The summed E-state index contributed by atoms with van der Waals surface area (Å²) in [5.41, 5.74) is 0. The van der Waals surface area contributed by atoms with Crippen molar-refractivity contribution in [2.24, 2.45) is 0 Å².